The summed E-state index contributed by atoms with van der Waals surface area (Å²) >= 11 is 12.5. The third kappa shape index (κ3) is 2.41. The molecule has 16 heavy (non-hydrogen) atoms. The number of carbonyl (C=O) groups is 1. The van der Waals surface area contributed by atoms with Crippen molar-refractivity contribution in [3.8, 4) is 0 Å². The third-order valence-corrected chi connectivity index (χ3v) is 4.54. The number of anilines is 1. The fourth-order valence-electron chi connectivity index (χ4n) is 1.66. The molecule has 86 valence electrons. The fourth-order valence-corrected chi connectivity index (χ4v) is 2.52. The molecule has 1 aliphatic heterocycles. The van der Waals surface area contributed by atoms with Crippen LogP contribution in [0.2, 0.25) is 5.02 Å². The second-order valence-electron chi connectivity index (χ2n) is 3.67. The van der Waals surface area contributed by atoms with Gasteiger partial charge < -0.3 is 0 Å². The van der Waals surface area contributed by atoms with Crippen molar-refractivity contribution in [2.24, 2.45) is 5.92 Å². The number of alkyl halides is 1. The van der Waals surface area contributed by atoms with Crippen LogP contribution in [0.1, 0.15) is 6.42 Å². The summed E-state index contributed by atoms with van der Waals surface area (Å²) in [6, 6.07) is 3.50. The highest BCUT2D eigenvalue weighted by Crippen LogP contribution is 2.28. The Bertz CT molecular complexity index is 427. The maximum Gasteiger partial charge on any atom is 0.228 e. The summed E-state index contributed by atoms with van der Waals surface area (Å²) in [5, 5.41) is 1.39. The zero-order chi connectivity index (χ0) is 11.7. The highest BCUT2D eigenvalue weighted by molar-refractivity contribution is 9.10. The SMILES string of the molecule is O=C1CC(CBr)CN1c1ccc(Cl)c(Br)n1. The Balaban J connectivity index is 2.24. The number of carbonyl (C=O) groups excluding carboxylic acids is 1. The molecule has 1 atom stereocenters. The monoisotopic (exact) mass is 366 g/mol. The van der Waals surface area contributed by atoms with Gasteiger partial charge in [-0.15, -0.1) is 0 Å². The van der Waals surface area contributed by atoms with E-state index in [1.807, 2.05) is 0 Å². The summed E-state index contributed by atoms with van der Waals surface area (Å²) in [4.78, 5) is 17.7. The molecule has 0 spiro atoms. The molecule has 2 rings (SSSR count). The van der Waals surface area contributed by atoms with E-state index in [0.29, 0.717) is 34.3 Å². The maximum atomic E-state index is 11.8. The summed E-state index contributed by atoms with van der Waals surface area (Å²) in [7, 11) is 0. The smallest absolute Gasteiger partial charge is 0.228 e. The lowest BCUT2D eigenvalue weighted by Gasteiger charge is -2.15. The largest absolute Gasteiger partial charge is 0.296 e. The molecule has 1 aromatic rings. The fraction of sp³-hybridized carbons (Fsp3) is 0.400. The van der Waals surface area contributed by atoms with Gasteiger partial charge in [0.25, 0.3) is 0 Å². The molecular formula is C10H9Br2ClN2O. The van der Waals surface area contributed by atoms with Crippen LogP contribution in [0.15, 0.2) is 16.7 Å². The summed E-state index contributed by atoms with van der Waals surface area (Å²) in [6.45, 7) is 0.713. The standard InChI is InChI=1S/C10H9Br2ClN2O/c11-4-6-3-9(16)15(5-6)8-2-1-7(13)10(12)14-8/h1-2,6H,3-5H2. The average Bonchev–Trinajstić information content (AvgIpc) is 2.64. The van der Waals surface area contributed by atoms with Crippen LogP contribution >= 0.6 is 43.5 Å². The van der Waals surface area contributed by atoms with Crippen LogP contribution in [0, 0.1) is 5.92 Å². The van der Waals surface area contributed by atoms with Crippen molar-refractivity contribution in [3.05, 3.63) is 21.8 Å². The van der Waals surface area contributed by atoms with Crippen molar-refractivity contribution >= 4 is 55.2 Å². The van der Waals surface area contributed by atoms with Gasteiger partial charge in [-0.3, -0.25) is 9.69 Å². The number of amides is 1. The van der Waals surface area contributed by atoms with Crippen molar-refractivity contribution in [2.45, 2.75) is 6.42 Å². The molecule has 0 radical (unpaired) electrons. The number of aromatic nitrogens is 1. The molecule has 3 nitrogen and oxygen atoms in total. The summed E-state index contributed by atoms with van der Waals surface area (Å²) in [5.41, 5.74) is 0. The topological polar surface area (TPSA) is 33.2 Å². The van der Waals surface area contributed by atoms with E-state index in [0.717, 1.165) is 5.33 Å². The zero-order valence-corrected chi connectivity index (χ0v) is 12.2. The molecule has 0 bridgehead atoms. The first-order chi connectivity index (χ1) is 7.61. The highest BCUT2D eigenvalue weighted by atomic mass is 79.9. The molecule has 6 heteroatoms. The molecule has 1 unspecified atom stereocenters. The number of nitrogens with zero attached hydrogens (tertiary/aromatic N) is 2. The van der Waals surface area contributed by atoms with Crippen LogP contribution in [-0.2, 0) is 4.79 Å². The van der Waals surface area contributed by atoms with Crippen LogP contribution < -0.4 is 4.90 Å². The van der Waals surface area contributed by atoms with Crippen molar-refractivity contribution in [1.82, 2.24) is 4.98 Å². The normalized spacial score (nSPS) is 20.6. The molecule has 0 aromatic carbocycles. The minimum atomic E-state index is 0.117. The number of halogens is 3. The van der Waals surface area contributed by atoms with E-state index in [9.17, 15) is 4.79 Å². The van der Waals surface area contributed by atoms with Crippen LogP contribution in [-0.4, -0.2) is 22.8 Å². The lowest BCUT2D eigenvalue weighted by atomic mass is 10.2. The van der Waals surface area contributed by atoms with Crippen LogP contribution in [0.25, 0.3) is 0 Å². The van der Waals surface area contributed by atoms with E-state index >= 15 is 0 Å². The van der Waals surface area contributed by atoms with Gasteiger partial charge in [0.1, 0.15) is 10.4 Å². The number of hydrogen-bond donors (Lipinski definition) is 0. The van der Waals surface area contributed by atoms with Crippen LogP contribution in [0.4, 0.5) is 5.82 Å². The summed E-state index contributed by atoms with van der Waals surface area (Å²) < 4.78 is 0.571. The van der Waals surface area contributed by atoms with E-state index in [-0.39, 0.29) is 5.91 Å². The van der Waals surface area contributed by atoms with Gasteiger partial charge in [-0.1, -0.05) is 27.5 Å². The molecule has 1 fully saturated rings. The predicted molar refractivity (Wildman–Crippen MR) is 71.2 cm³/mol. The molecule has 0 aliphatic carbocycles. The van der Waals surface area contributed by atoms with Gasteiger partial charge in [0.15, 0.2) is 0 Å². The molecule has 1 amide bonds. The van der Waals surface area contributed by atoms with Gasteiger partial charge in [-0.05, 0) is 34.0 Å². The van der Waals surface area contributed by atoms with E-state index in [4.69, 9.17) is 11.6 Å². The van der Waals surface area contributed by atoms with Crippen molar-refractivity contribution in [3.63, 3.8) is 0 Å². The van der Waals surface area contributed by atoms with Crippen LogP contribution in [0.3, 0.4) is 0 Å². The van der Waals surface area contributed by atoms with Gasteiger partial charge in [0.2, 0.25) is 5.91 Å². The Morgan fingerprint density at radius 3 is 2.88 bits per heavy atom. The van der Waals surface area contributed by atoms with Crippen molar-refractivity contribution in [1.29, 1.82) is 0 Å². The number of hydrogen-bond acceptors (Lipinski definition) is 2. The summed E-state index contributed by atoms with van der Waals surface area (Å²) in [5.74, 6) is 1.14. The Hall–Kier alpha value is -0.130. The lowest BCUT2D eigenvalue weighted by Crippen LogP contribution is -2.25. The van der Waals surface area contributed by atoms with Crippen molar-refractivity contribution in [2.75, 3.05) is 16.8 Å². The minimum Gasteiger partial charge on any atom is -0.296 e. The zero-order valence-electron chi connectivity index (χ0n) is 8.29. The van der Waals surface area contributed by atoms with Crippen molar-refractivity contribution < 1.29 is 4.79 Å². The average molecular weight is 368 g/mol. The van der Waals surface area contributed by atoms with Gasteiger partial charge in [-0.2, -0.15) is 0 Å². The quantitative estimate of drug-likeness (QED) is 0.593. The maximum absolute atomic E-state index is 11.8. The Labute approximate surface area is 115 Å². The first-order valence-corrected chi connectivity index (χ1v) is 7.09. The van der Waals surface area contributed by atoms with Gasteiger partial charge in [0, 0.05) is 18.3 Å². The Morgan fingerprint density at radius 1 is 1.56 bits per heavy atom. The number of pyridine rings is 1. The van der Waals surface area contributed by atoms with E-state index in [2.05, 4.69) is 36.8 Å². The molecule has 1 aromatic heterocycles. The molecule has 0 N–H and O–H groups in total. The second-order valence-corrected chi connectivity index (χ2v) is 5.48. The highest BCUT2D eigenvalue weighted by Gasteiger charge is 2.30. The first kappa shape index (κ1) is 12.3. The summed E-state index contributed by atoms with van der Waals surface area (Å²) in [6.07, 6.45) is 0.577. The van der Waals surface area contributed by atoms with E-state index in [1.165, 1.54) is 0 Å². The second kappa shape index (κ2) is 5.02. The van der Waals surface area contributed by atoms with E-state index < -0.39 is 0 Å². The minimum absolute atomic E-state index is 0.117. The lowest BCUT2D eigenvalue weighted by molar-refractivity contribution is -0.117. The van der Waals surface area contributed by atoms with E-state index in [1.54, 1.807) is 17.0 Å². The Kier molecular flexibility index (Phi) is 3.87. The molecule has 2 heterocycles. The molecular weight excluding hydrogens is 359 g/mol. The van der Waals surface area contributed by atoms with Crippen LogP contribution in [0.5, 0.6) is 0 Å². The van der Waals surface area contributed by atoms with Gasteiger partial charge in [-0.25, -0.2) is 4.98 Å². The predicted octanol–water partition coefficient (Wildman–Crippen LogP) is 3.25. The van der Waals surface area contributed by atoms with Gasteiger partial charge >= 0.3 is 0 Å². The molecule has 1 aliphatic rings. The first-order valence-electron chi connectivity index (χ1n) is 4.80. The Morgan fingerprint density at radius 2 is 2.31 bits per heavy atom. The molecule has 1 saturated heterocycles. The molecule has 0 saturated carbocycles. The number of rotatable bonds is 2. The van der Waals surface area contributed by atoms with Gasteiger partial charge in [0.05, 0.1) is 5.02 Å². The third-order valence-electron chi connectivity index (χ3n) is 2.49.